The maximum absolute atomic E-state index is 15.0. The minimum Gasteiger partial charge on any atom is -0.352 e. The Kier molecular flexibility index (Phi) is 11.6. The van der Waals surface area contributed by atoms with Crippen LogP contribution in [0.25, 0.3) is 0 Å². The van der Waals surface area contributed by atoms with Crippen molar-refractivity contribution in [2.24, 2.45) is 0 Å². The lowest BCUT2D eigenvalue weighted by Gasteiger charge is -2.34. The number of carbonyl (C=O) groups excluding carboxylic acids is 2. The molecule has 4 aromatic carbocycles. The summed E-state index contributed by atoms with van der Waals surface area (Å²) in [6.45, 7) is 2.73. The number of amides is 2. The molecule has 2 amide bonds. The van der Waals surface area contributed by atoms with E-state index < -0.39 is 40.2 Å². The number of anilines is 1. The molecule has 0 unspecified atom stereocenters. The summed E-state index contributed by atoms with van der Waals surface area (Å²) in [5.74, 6) is -1.76. The molecule has 0 saturated carbocycles. The SMILES string of the molecule is CC[C@@H](C)NC(=O)[C@H](Cc1ccccc1)N(Cc1ccccc1F)C(=O)CN(c1cc(Cl)ccc1Cl)S(=O)(=O)c1ccccc1. The quantitative estimate of drug-likeness (QED) is 0.168. The Hall–Kier alpha value is -3.92. The predicted octanol–water partition coefficient (Wildman–Crippen LogP) is 6.88. The molecule has 0 spiro atoms. The van der Waals surface area contributed by atoms with Crippen LogP contribution in [0, 0.1) is 5.82 Å². The molecule has 2 atom stereocenters. The molecule has 236 valence electrons. The molecule has 4 rings (SSSR count). The van der Waals surface area contributed by atoms with Crippen LogP contribution in [0.5, 0.6) is 0 Å². The summed E-state index contributed by atoms with van der Waals surface area (Å²) in [6, 6.07) is 25.6. The van der Waals surface area contributed by atoms with Gasteiger partial charge in [-0.25, -0.2) is 12.8 Å². The van der Waals surface area contributed by atoms with E-state index in [1.807, 2.05) is 44.2 Å². The summed E-state index contributed by atoms with van der Waals surface area (Å²) in [4.78, 5) is 29.4. The molecule has 0 aliphatic rings. The Labute approximate surface area is 273 Å². The first-order valence-electron chi connectivity index (χ1n) is 14.4. The van der Waals surface area contributed by atoms with E-state index in [9.17, 15) is 18.0 Å². The van der Waals surface area contributed by atoms with Crippen molar-refractivity contribution in [3.63, 3.8) is 0 Å². The number of carbonyl (C=O) groups is 2. The minimum absolute atomic E-state index is 0.0177. The van der Waals surface area contributed by atoms with E-state index in [-0.39, 0.29) is 45.2 Å². The molecule has 1 N–H and O–H groups in total. The van der Waals surface area contributed by atoms with Crippen LogP contribution in [-0.2, 0) is 32.6 Å². The fraction of sp³-hybridized carbons (Fsp3) is 0.235. The third-order valence-corrected chi connectivity index (χ3v) is 9.69. The van der Waals surface area contributed by atoms with Crippen molar-refractivity contribution < 1.29 is 22.4 Å². The Morgan fingerprint density at radius 1 is 0.889 bits per heavy atom. The lowest BCUT2D eigenvalue weighted by Crippen LogP contribution is -2.54. The average Bonchev–Trinajstić information content (AvgIpc) is 3.04. The van der Waals surface area contributed by atoms with E-state index in [1.165, 1.54) is 53.4 Å². The Bertz CT molecular complexity index is 1730. The second kappa shape index (κ2) is 15.4. The maximum atomic E-state index is 15.0. The topological polar surface area (TPSA) is 86.8 Å². The number of hydrogen-bond donors (Lipinski definition) is 1. The number of halogens is 3. The highest BCUT2D eigenvalue weighted by atomic mass is 35.5. The second-order valence-electron chi connectivity index (χ2n) is 10.6. The smallest absolute Gasteiger partial charge is 0.264 e. The summed E-state index contributed by atoms with van der Waals surface area (Å²) in [7, 11) is -4.36. The van der Waals surface area contributed by atoms with Gasteiger partial charge in [0.1, 0.15) is 18.4 Å². The number of nitrogens with one attached hydrogen (secondary N) is 1. The second-order valence-corrected chi connectivity index (χ2v) is 13.3. The van der Waals surface area contributed by atoms with Gasteiger partial charge >= 0.3 is 0 Å². The number of sulfonamides is 1. The molecule has 7 nitrogen and oxygen atoms in total. The molecule has 4 aromatic rings. The molecule has 0 heterocycles. The first-order chi connectivity index (χ1) is 21.5. The maximum Gasteiger partial charge on any atom is 0.264 e. The Morgan fingerprint density at radius 2 is 1.51 bits per heavy atom. The predicted molar refractivity (Wildman–Crippen MR) is 176 cm³/mol. The van der Waals surface area contributed by atoms with Crippen LogP contribution in [0.2, 0.25) is 10.0 Å². The van der Waals surface area contributed by atoms with Crippen LogP contribution in [-0.4, -0.2) is 43.8 Å². The van der Waals surface area contributed by atoms with Crippen molar-refractivity contribution in [2.45, 2.75) is 50.2 Å². The van der Waals surface area contributed by atoms with Crippen molar-refractivity contribution in [3.8, 4) is 0 Å². The van der Waals surface area contributed by atoms with Crippen molar-refractivity contribution in [1.82, 2.24) is 10.2 Å². The van der Waals surface area contributed by atoms with Crippen molar-refractivity contribution in [3.05, 3.63) is 130 Å². The molecule has 11 heteroatoms. The van der Waals surface area contributed by atoms with Gasteiger partial charge in [-0.05, 0) is 55.3 Å². The van der Waals surface area contributed by atoms with E-state index in [0.29, 0.717) is 6.42 Å². The highest BCUT2D eigenvalue weighted by Gasteiger charge is 2.36. The lowest BCUT2D eigenvalue weighted by molar-refractivity contribution is -0.140. The van der Waals surface area contributed by atoms with E-state index >= 15 is 4.39 Å². The third kappa shape index (κ3) is 8.63. The van der Waals surface area contributed by atoms with E-state index in [2.05, 4.69) is 5.32 Å². The van der Waals surface area contributed by atoms with Gasteiger partial charge in [-0.1, -0.05) is 96.9 Å². The van der Waals surface area contributed by atoms with Gasteiger partial charge in [0, 0.05) is 29.6 Å². The molecule has 0 radical (unpaired) electrons. The summed E-state index contributed by atoms with van der Waals surface area (Å²) < 4.78 is 44.0. The zero-order valence-corrected chi connectivity index (χ0v) is 27.2. The van der Waals surface area contributed by atoms with Gasteiger partial charge in [0.15, 0.2) is 0 Å². The summed E-state index contributed by atoms with van der Waals surface area (Å²) in [6.07, 6.45) is 0.744. The largest absolute Gasteiger partial charge is 0.352 e. The third-order valence-electron chi connectivity index (χ3n) is 7.36. The van der Waals surface area contributed by atoms with Gasteiger partial charge in [0.25, 0.3) is 10.0 Å². The highest BCUT2D eigenvalue weighted by molar-refractivity contribution is 7.92. The van der Waals surface area contributed by atoms with Gasteiger partial charge in [0.05, 0.1) is 15.6 Å². The molecular formula is C34H34Cl2FN3O4S. The average molecular weight is 671 g/mol. The van der Waals surface area contributed by atoms with Crippen molar-refractivity contribution >= 4 is 50.7 Å². The first kappa shape index (κ1) is 34.0. The Balaban J connectivity index is 1.84. The zero-order valence-electron chi connectivity index (χ0n) is 24.9. The van der Waals surface area contributed by atoms with Gasteiger partial charge in [-0.3, -0.25) is 13.9 Å². The molecule has 0 saturated heterocycles. The Morgan fingerprint density at radius 3 is 2.16 bits per heavy atom. The van der Waals surface area contributed by atoms with Crippen LogP contribution >= 0.6 is 23.2 Å². The molecule has 0 bridgehead atoms. The molecule has 0 aliphatic heterocycles. The normalized spacial score (nSPS) is 12.6. The van der Waals surface area contributed by atoms with Crippen LogP contribution in [0.3, 0.4) is 0 Å². The van der Waals surface area contributed by atoms with E-state index in [0.717, 1.165) is 9.87 Å². The molecule has 0 aromatic heterocycles. The standard InChI is InChI=1S/C34H34Cl2FN3O4S/c1-3-24(2)38-34(42)32(20-25-12-6-4-7-13-25)39(22-26-14-10-11-17-30(26)37)33(41)23-40(31-21-27(35)18-19-29(31)36)45(43,44)28-15-8-5-9-16-28/h4-19,21,24,32H,3,20,22-23H2,1-2H3,(H,38,42)/t24-,32+/m1/s1. The number of hydrogen-bond acceptors (Lipinski definition) is 4. The number of benzene rings is 4. The fourth-order valence-corrected chi connectivity index (χ4v) is 6.60. The van der Waals surface area contributed by atoms with Crippen LogP contribution in [0.4, 0.5) is 10.1 Å². The minimum atomic E-state index is -4.36. The van der Waals surface area contributed by atoms with Crippen molar-refractivity contribution in [2.75, 3.05) is 10.8 Å². The highest BCUT2D eigenvalue weighted by Crippen LogP contribution is 2.33. The molecular weight excluding hydrogens is 636 g/mol. The van der Waals surface area contributed by atoms with Gasteiger partial charge in [0.2, 0.25) is 11.8 Å². The summed E-state index contributed by atoms with van der Waals surface area (Å²) in [5.41, 5.74) is 0.911. The first-order valence-corrected chi connectivity index (χ1v) is 16.6. The van der Waals surface area contributed by atoms with E-state index in [1.54, 1.807) is 24.3 Å². The van der Waals surface area contributed by atoms with Gasteiger partial charge in [-0.15, -0.1) is 0 Å². The van der Waals surface area contributed by atoms with Gasteiger partial charge in [-0.2, -0.15) is 0 Å². The molecule has 0 aliphatic carbocycles. The zero-order chi connectivity index (χ0) is 32.6. The molecule has 45 heavy (non-hydrogen) atoms. The van der Waals surface area contributed by atoms with Crippen LogP contribution in [0.15, 0.2) is 108 Å². The summed E-state index contributed by atoms with van der Waals surface area (Å²) in [5, 5.41) is 3.19. The fourth-order valence-electron chi connectivity index (χ4n) is 4.72. The number of nitrogens with zero attached hydrogens (tertiary/aromatic N) is 2. The van der Waals surface area contributed by atoms with Crippen molar-refractivity contribution in [1.29, 1.82) is 0 Å². The van der Waals surface area contributed by atoms with Crippen LogP contribution < -0.4 is 9.62 Å². The lowest BCUT2D eigenvalue weighted by atomic mass is 10.0. The summed E-state index contributed by atoms with van der Waals surface area (Å²) >= 11 is 12.7. The van der Waals surface area contributed by atoms with Crippen LogP contribution in [0.1, 0.15) is 31.4 Å². The number of rotatable bonds is 13. The molecule has 0 fully saturated rings. The van der Waals surface area contributed by atoms with E-state index in [4.69, 9.17) is 23.2 Å². The van der Waals surface area contributed by atoms with Gasteiger partial charge < -0.3 is 10.2 Å². The monoisotopic (exact) mass is 669 g/mol.